The SMILES string of the molecule is COC(=O)c1ccc2c(c1)nc(-c1ccc3c(c1)N1C(=O)CCC1(C)N3CC(C)C)n2CCC1=CCCCC1. The van der Waals surface area contributed by atoms with Crippen LogP contribution in [0.4, 0.5) is 11.4 Å². The van der Waals surface area contributed by atoms with Gasteiger partial charge in [-0.15, -0.1) is 0 Å². The molecule has 2 aliphatic heterocycles. The van der Waals surface area contributed by atoms with Gasteiger partial charge in [-0.25, -0.2) is 9.78 Å². The summed E-state index contributed by atoms with van der Waals surface area (Å²) in [6.45, 7) is 8.36. The van der Waals surface area contributed by atoms with Crippen LogP contribution in [0.5, 0.6) is 0 Å². The minimum absolute atomic E-state index is 0.183. The van der Waals surface area contributed by atoms with Crippen molar-refractivity contribution in [1.82, 2.24) is 9.55 Å². The lowest BCUT2D eigenvalue weighted by Crippen LogP contribution is -2.53. The Kier molecular flexibility index (Phi) is 6.48. The number of esters is 1. The van der Waals surface area contributed by atoms with E-state index < -0.39 is 0 Å². The quantitative estimate of drug-likeness (QED) is 0.253. The number of benzene rings is 2. The molecule has 0 spiro atoms. The van der Waals surface area contributed by atoms with Gasteiger partial charge in [0.1, 0.15) is 11.5 Å². The molecule has 7 nitrogen and oxygen atoms in total. The summed E-state index contributed by atoms with van der Waals surface area (Å²) < 4.78 is 7.24. The van der Waals surface area contributed by atoms with Crippen LogP contribution in [0.3, 0.4) is 0 Å². The molecular weight excluding hydrogens is 488 g/mol. The molecule has 1 aliphatic carbocycles. The Balaban J connectivity index is 1.46. The number of nitrogens with zero attached hydrogens (tertiary/aromatic N) is 4. The second-order valence-corrected chi connectivity index (χ2v) is 11.8. The number of methoxy groups -OCH3 is 1. The fraction of sp³-hybridized carbons (Fsp3) is 0.469. The number of aryl methyl sites for hydroxylation is 1. The lowest BCUT2D eigenvalue weighted by Gasteiger charge is -2.38. The number of hydrogen-bond donors (Lipinski definition) is 0. The van der Waals surface area contributed by atoms with E-state index in [9.17, 15) is 9.59 Å². The summed E-state index contributed by atoms with van der Waals surface area (Å²) in [7, 11) is 1.40. The highest BCUT2D eigenvalue weighted by Gasteiger charge is 2.53. The van der Waals surface area contributed by atoms with Gasteiger partial charge in [-0.05, 0) is 87.8 Å². The Labute approximate surface area is 230 Å². The number of amides is 1. The zero-order valence-electron chi connectivity index (χ0n) is 23.5. The Bertz CT molecular complexity index is 1490. The van der Waals surface area contributed by atoms with E-state index in [2.05, 4.69) is 54.5 Å². The van der Waals surface area contributed by atoms with Crippen molar-refractivity contribution in [2.24, 2.45) is 5.92 Å². The Morgan fingerprint density at radius 2 is 1.95 bits per heavy atom. The molecule has 0 radical (unpaired) electrons. The molecule has 3 aromatic rings. The summed E-state index contributed by atoms with van der Waals surface area (Å²) in [5, 5.41) is 0. The number of fused-ring (bicyclic) bond motifs is 4. The molecule has 1 fully saturated rings. The first-order chi connectivity index (χ1) is 18.8. The standard InChI is InChI=1S/C32H38N4O3/c1-21(2)20-35-27-13-10-23(19-28(27)36-29(37)14-16-32(35,36)3)30-33-25-18-24(31(38)39-4)11-12-26(25)34(30)17-15-22-8-6-5-7-9-22/h8,10-13,18-19,21H,5-7,9,14-17,20H2,1-4H3. The molecule has 1 unspecified atom stereocenters. The van der Waals surface area contributed by atoms with Crippen molar-refractivity contribution in [3.63, 3.8) is 0 Å². The third kappa shape index (κ3) is 4.32. The Hall–Kier alpha value is -3.61. The average Bonchev–Trinajstić information content (AvgIpc) is 3.54. The van der Waals surface area contributed by atoms with Crippen LogP contribution in [0.2, 0.25) is 0 Å². The van der Waals surface area contributed by atoms with E-state index in [0.29, 0.717) is 17.9 Å². The third-order valence-corrected chi connectivity index (χ3v) is 8.65. The maximum absolute atomic E-state index is 13.1. The van der Waals surface area contributed by atoms with Crippen LogP contribution in [0.15, 0.2) is 48.0 Å². The van der Waals surface area contributed by atoms with E-state index in [1.165, 1.54) is 25.5 Å². The molecule has 6 rings (SSSR count). The number of carbonyl (C=O) groups is 2. The Morgan fingerprint density at radius 3 is 2.69 bits per heavy atom. The predicted octanol–water partition coefficient (Wildman–Crippen LogP) is 6.70. The molecule has 1 atom stereocenters. The summed E-state index contributed by atoms with van der Waals surface area (Å²) in [6, 6.07) is 12.1. The van der Waals surface area contributed by atoms with Crippen LogP contribution in [0, 0.1) is 5.92 Å². The highest BCUT2D eigenvalue weighted by atomic mass is 16.5. The summed E-state index contributed by atoms with van der Waals surface area (Å²) in [6.07, 6.45) is 9.63. The van der Waals surface area contributed by atoms with Crippen molar-refractivity contribution >= 4 is 34.3 Å². The highest BCUT2D eigenvalue weighted by molar-refractivity contribution is 6.05. The minimum atomic E-state index is -0.366. The van der Waals surface area contributed by atoms with Crippen molar-refractivity contribution in [2.75, 3.05) is 23.5 Å². The summed E-state index contributed by atoms with van der Waals surface area (Å²) in [5.41, 5.74) is 6.52. The van der Waals surface area contributed by atoms with Gasteiger partial charge in [0.2, 0.25) is 5.91 Å². The minimum Gasteiger partial charge on any atom is -0.465 e. The van der Waals surface area contributed by atoms with E-state index in [1.54, 1.807) is 0 Å². The molecular formula is C32H38N4O3. The van der Waals surface area contributed by atoms with Gasteiger partial charge in [0.15, 0.2) is 0 Å². The fourth-order valence-electron chi connectivity index (χ4n) is 6.68. The maximum Gasteiger partial charge on any atom is 0.337 e. The summed E-state index contributed by atoms with van der Waals surface area (Å²) in [4.78, 5) is 34.9. The van der Waals surface area contributed by atoms with Crippen LogP contribution >= 0.6 is 0 Å². The van der Waals surface area contributed by atoms with Gasteiger partial charge in [-0.3, -0.25) is 9.69 Å². The molecule has 0 N–H and O–H groups in total. The second kappa shape index (κ2) is 9.85. The molecule has 1 amide bonds. The number of imidazole rings is 1. The van der Waals surface area contributed by atoms with E-state index in [-0.39, 0.29) is 17.5 Å². The number of rotatable bonds is 7. The van der Waals surface area contributed by atoms with Gasteiger partial charge in [0.25, 0.3) is 0 Å². The summed E-state index contributed by atoms with van der Waals surface area (Å²) in [5.74, 6) is 1.16. The number of allylic oxidation sites excluding steroid dienone is 2. The maximum atomic E-state index is 13.1. The van der Waals surface area contributed by atoms with Gasteiger partial charge < -0.3 is 14.2 Å². The monoisotopic (exact) mass is 526 g/mol. The van der Waals surface area contributed by atoms with Gasteiger partial charge in [-0.2, -0.15) is 0 Å². The molecule has 7 heteroatoms. The normalized spacial score (nSPS) is 20.5. The molecule has 0 bridgehead atoms. The Morgan fingerprint density at radius 1 is 1.10 bits per heavy atom. The van der Waals surface area contributed by atoms with Gasteiger partial charge in [-0.1, -0.05) is 25.5 Å². The lowest BCUT2D eigenvalue weighted by atomic mass is 9.97. The van der Waals surface area contributed by atoms with Crippen LogP contribution in [-0.4, -0.2) is 40.7 Å². The van der Waals surface area contributed by atoms with Gasteiger partial charge >= 0.3 is 5.97 Å². The zero-order valence-corrected chi connectivity index (χ0v) is 23.5. The third-order valence-electron chi connectivity index (χ3n) is 8.65. The van der Waals surface area contributed by atoms with Crippen molar-refractivity contribution in [1.29, 1.82) is 0 Å². The average molecular weight is 527 g/mol. The predicted molar refractivity (Wildman–Crippen MR) is 155 cm³/mol. The first-order valence-electron chi connectivity index (χ1n) is 14.3. The van der Waals surface area contributed by atoms with Crippen molar-refractivity contribution < 1.29 is 14.3 Å². The van der Waals surface area contributed by atoms with E-state index in [4.69, 9.17) is 9.72 Å². The molecule has 2 aromatic carbocycles. The largest absolute Gasteiger partial charge is 0.465 e. The van der Waals surface area contributed by atoms with Crippen LogP contribution in [-0.2, 0) is 16.1 Å². The zero-order chi connectivity index (χ0) is 27.3. The van der Waals surface area contributed by atoms with Crippen LogP contribution in [0.1, 0.15) is 76.1 Å². The van der Waals surface area contributed by atoms with Gasteiger partial charge in [0.05, 0.1) is 35.1 Å². The smallest absolute Gasteiger partial charge is 0.337 e. The first kappa shape index (κ1) is 25.7. The number of ether oxygens (including phenoxy) is 1. The molecule has 3 aliphatic rings. The van der Waals surface area contributed by atoms with Crippen molar-refractivity contribution in [2.45, 2.75) is 77.9 Å². The molecule has 3 heterocycles. The lowest BCUT2D eigenvalue weighted by molar-refractivity contribution is -0.117. The first-order valence-corrected chi connectivity index (χ1v) is 14.3. The van der Waals surface area contributed by atoms with E-state index >= 15 is 0 Å². The van der Waals surface area contributed by atoms with Crippen LogP contribution in [0.25, 0.3) is 22.4 Å². The molecule has 204 valence electrons. The van der Waals surface area contributed by atoms with Crippen molar-refractivity contribution in [3.8, 4) is 11.4 Å². The second-order valence-electron chi connectivity index (χ2n) is 11.8. The van der Waals surface area contributed by atoms with E-state index in [0.717, 1.165) is 72.6 Å². The van der Waals surface area contributed by atoms with Gasteiger partial charge in [0, 0.05) is 25.1 Å². The summed E-state index contributed by atoms with van der Waals surface area (Å²) >= 11 is 0. The molecule has 39 heavy (non-hydrogen) atoms. The number of anilines is 2. The van der Waals surface area contributed by atoms with E-state index in [1.807, 2.05) is 23.1 Å². The number of hydrogen-bond acceptors (Lipinski definition) is 5. The highest BCUT2D eigenvalue weighted by Crippen LogP contribution is 2.52. The topological polar surface area (TPSA) is 67.7 Å². The van der Waals surface area contributed by atoms with Crippen LogP contribution < -0.4 is 9.80 Å². The number of aromatic nitrogens is 2. The number of carbonyl (C=O) groups excluding carboxylic acids is 2. The van der Waals surface area contributed by atoms with Crippen molar-refractivity contribution in [3.05, 3.63) is 53.6 Å². The molecule has 1 aromatic heterocycles. The fourth-order valence-corrected chi connectivity index (χ4v) is 6.68. The molecule has 1 saturated heterocycles. The molecule has 0 saturated carbocycles.